The first kappa shape index (κ1) is 14.0. The quantitative estimate of drug-likeness (QED) is 0.858. The van der Waals surface area contributed by atoms with Gasteiger partial charge in [-0.3, -0.25) is 0 Å². The van der Waals surface area contributed by atoms with E-state index in [-0.39, 0.29) is 21.4 Å². The maximum absolute atomic E-state index is 12.8. The molecule has 19 heavy (non-hydrogen) atoms. The van der Waals surface area contributed by atoms with E-state index < -0.39 is 23.8 Å². The number of halogens is 5. The number of rotatable bonds is 1. The van der Waals surface area contributed by atoms with Crippen LogP contribution in [0.15, 0.2) is 17.7 Å². The molecule has 1 aromatic carbocycles. The van der Waals surface area contributed by atoms with Gasteiger partial charge in [0, 0.05) is 10.6 Å². The van der Waals surface area contributed by atoms with E-state index in [1.807, 2.05) is 0 Å². The van der Waals surface area contributed by atoms with Crippen molar-refractivity contribution in [2.45, 2.75) is 12.3 Å². The Kier molecular flexibility index (Phi) is 3.40. The zero-order chi connectivity index (χ0) is 14.4. The van der Waals surface area contributed by atoms with E-state index in [1.54, 1.807) is 0 Å². The normalized spacial score (nSPS) is 18.4. The molecule has 0 spiro atoms. The summed E-state index contributed by atoms with van der Waals surface area (Å²) in [5.41, 5.74) is -0.825. The number of carbonyl (C=O) groups is 1. The Balaban J connectivity index is 2.61. The standard InChI is InChI=1S/C11H5Cl2F3O3/c12-5-1-4-2-6(10(17)18)9(11(14,15)16)19-8(4)7(13)3-5/h1-3,9H,(H,17,18)/t9-/m1/s1. The molecule has 1 aromatic rings. The Bertz CT molecular complexity index is 581. The van der Waals surface area contributed by atoms with Crippen LogP contribution in [0.1, 0.15) is 5.56 Å². The molecule has 0 saturated carbocycles. The van der Waals surface area contributed by atoms with Crippen molar-refractivity contribution in [2.24, 2.45) is 0 Å². The number of fused-ring (bicyclic) bond motifs is 1. The van der Waals surface area contributed by atoms with E-state index in [9.17, 15) is 18.0 Å². The minimum atomic E-state index is -4.86. The number of aliphatic carboxylic acids is 1. The third-order valence-electron chi connectivity index (χ3n) is 2.41. The van der Waals surface area contributed by atoms with E-state index in [0.717, 1.165) is 6.08 Å². The van der Waals surface area contributed by atoms with Crippen LogP contribution in [-0.4, -0.2) is 23.4 Å². The molecule has 3 nitrogen and oxygen atoms in total. The summed E-state index contributed by atoms with van der Waals surface area (Å²) >= 11 is 11.4. The van der Waals surface area contributed by atoms with E-state index in [1.165, 1.54) is 12.1 Å². The maximum atomic E-state index is 12.8. The number of carboxylic acid groups (broad SMARTS) is 1. The molecule has 2 rings (SSSR count). The third kappa shape index (κ3) is 2.64. The Hall–Kier alpha value is -1.40. The Morgan fingerprint density at radius 2 is 1.95 bits per heavy atom. The van der Waals surface area contributed by atoms with Crippen LogP contribution >= 0.6 is 23.2 Å². The number of hydrogen-bond donors (Lipinski definition) is 1. The van der Waals surface area contributed by atoms with Gasteiger partial charge >= 0.3 is 12.1 Å². The van der Waals surface area contributed by atoms with Crippen LogP contribution in [0.3, 0.4) is 0 Å². The summed E-state index contributed by atoms with van der Waals surface area (Å²) in [6, 6.07) is 2.49. The summed E-state index contributed by atoms with van der Waals surface area (Å²) < 4.78 is 43.0. The minimum absolute atomic E-state index is 0.0930. The lowest BCUT2D eigenvalue weighted by Crippen LogP contribution is -2.40. The molecule has 0 aromatic heterocycles. The van der Waals surface area contributed by atoms with Crippen molar-refractivity contribution in [3.05, 3.63) is 33.3 Å². The molecule has 0 radical (unpaired) electrons. The van der Waals surface area contributed by atoms with Gasteiger partial charge in [-0.05, 0) is 18.2 Å². The highest BCUT2D eigenvalue weighted by Crippen LogP contribution is 2.42. The lowest BCUT2D eigenvalue weighted by Gasteiger charge is -2.27. The fourth-order valence-electron chi connectivity index (χ4n) is 1.65. The highest BCUT2D eigenvalue weighted by molar-refractivity contribution is 6.36. The van der Waals surface area contributed by atoms with Gasteiger partial charge in [-0.15, -0.1) is 0 Å². The maximum Gasteiger partial charge on any atom is 0.430 e. The van der Waals surface area contributed by atoms with Gasteiger partial charge in [0.2, 0.25) is 6.10 Å². The van der Waals surface area contributed by atoms with Crippen LogP contribution in [0.2, 0.25) is 10.0 Å². The van der Waals surface area contributed by atoms with Gasteiger partial charge in [0.15, 0.2) is 0 Å². The van der Waals surface area contributed by atoms with Crippen molar-refractivity contribution in [2.75, 3.05) is 0 Å². The van der Waals surface area contributed by atoms with E-state index in [0.29, 0.717) is 0 Å². The number of alkyl halides is 3. The average Bonchev–Trinajstić information content (AvgIpc) is 2.25. The first-order valence-corrected chi connectivity index (χ1v) is 5.63. The molecule has 8 heteroatoms. The lowest BCUT2D eigenvalue weighted by atomic mass is 10.0. The van der Waals surface area contributed by atoms with E-state index in [2.05, 4.69) is 0 Å². The highest BCUT2D eigenvalue weighted by atomic mass is 35.5. The van der Waals surface area contributed by atoms with Crippen molar-refractivity contribution in [3.8, 4) is 5.75 Å². The number of hydrogen-bond acceptors (Lipinski definition) is 2. The Morgan fingerprint density at radius 3 is 2.47 bits per heavy atom. The van der Waals surface area contributed by atoms with Gasteiger partial charge < -0.3 is 9.84 Å². The molecule has 1 heterocycles. The first-order chi connectivity index (χ1) is 8.70. The lowest BCUT2D eigenvalue weighted by molar-refractivity contribution is -0.187. The van der Waals surface area contributed by atoms with Gasteiger partial charge in [0.25, 0.3) is 0 Å². The summed E-state index contributed by atoms with van der Waals surface area (Å²) in [4.78, 5) is 10.9. The molecule has 1 aliphatic heterocycles. The van der Waals surface area contributed by atoms with Gasteiger partial charge in [-0.2, -0.15) is 13.2 Å². The molecule has 102 valence electrons. The smallest absolute Gasteiger partial charge is 0.430 e. The van der Waals surface area contributed by atoms with Crippen LogP contribution in [0.5, 0.6) is 5.75 Å². The predicted octanol–water partition coefficient (Wildman–Crippen LogP) is 3.78. The highest BCUT2D eigenvalue weighted by Gasteiger charge is 2.48. The van der Waals surface area contributed by atoms with Crippen LogP contribution in [0.4, 0.5) is 13.2 Å². The zero-order valence-corrected chi connectivity index (χ0v) is 10.5. The average molecular weight is 313 g/mol. The fraction of sp³-hybridized carbons (Fsp3) is 0.182. The summed E-state index contributed by atoms with van der Waals surface area (Å²) in [6.07, 6.45) is -6.56. The summed E-state index contributed by atoms with van der Waals surface area (Å²) in [7, 11) is 0. The number of benzene rings is 1. The molecule has 0 bridgehead atoms. The molecule has 1 atom stereocenters. The molecule has 0 unspecified atom stereocenters. The van der Waals surface area contributed by atoms with Crippen molar-refractivity contribution < 1.29 is 27.8 Å². The topological polar surface area (TPSA) is 46.5 Å². The molecule has 0 saturated heterocycles. The molecule has 0 fully saturated rings. The second kappa shape index (κ2) is 4.61. The van der Waals surface area contributed by atoms with Crippen molar-refractivity contribution in [3.63, 3.8) is 0 Å². The summed E-state index contributed by atoms with van der Waals surface area (Å²) in [5.74, 6) is -1.96. The third-order valence-corrected chi connectivity index (χ3v) is 2.91. The SMILES string of the molecule is O=C(O)C1=Cc2cc(Cl)cc(Cl)c2O[C@H]1C(F)(F)F. The summed E-state index contributed by atoms with van der Waals surface area (Å²) in [5, 5.41) is 8.87. The number of ether oxygens (including phenoxy) is 1. The largest absolute Gasteiger partial charge is 0.478 e. The van der Waals surface area contributed by atoms with Crippen molar-refractivity contribution in [1.29, 1.82) is 0 Å². The Labute approximate surface area is 115 Å². The fourth-order valence-corrected chi connectivity index (χ4v) is 2.21. The van der Waals surface area contributed by atoms with Gasteiger partial charge in [-0.25, -0.2) is 4.79 Å². The molecule has 0 amide bonds. The van der Waals surface area contributed by atoms with Crippen LogP contribution in [0, 0.1) is 0 Å². The van der Waals surface area contributed by atoms with Gasteiger partial charge in [0.05, 0.1) is 10.6 Å². The monoisotopic (exact) mass is 312 g/mol. The van der Waals surface area contributed by atoms with Crippen LogP contribution < -0.4 is 4.74 Å². The zero-order valence-electron chi connectivity index (χ0n) is 8.96. The second-order valence-corrected chi connectivity index (χ2v) is 4.59. The van der Waals surface area contributed by atoms with Gasteiger partial charge in [0.1, 0.15) is 5.75 Å². The van der Waals surface area contributed by atoms with Gasteiger partial charge in [-0.1, -0.05) is 23.2 Å². The van der Waals surface area contributed by atoms with E-state index >= 15 is 0 Å². The molecule has 0 aliphatic carbocycles. The molecule has 1 aliphatic rings. The van der Waals surface area contributed by atoms with Crippen LogP contribution in [-0.2, 0) is 4.79 Å². The summed E-state index contributed by atoms with van der Waals surface area (Å²) in [6.45, 7) is 0. The molecule has 1 N–H and O–H groups in total. The minimum Gasteiger partial charge on any atom is -0.478 e. The Morgan fingerprint density at radius 1 is 1.32 bits per heavy atom. The van der Waals surface area contributed by atoms with Crippen LogP contribution in [0.25, 0.3) is 6.08 Å². The van der Waals surface area contributed by atoms with E-state index in [4.69, 9.17) is 33.0 Å². The second-order valence-electron chi connectivity index (χ2n) is 3.75. The first-order valence-electron chi connectivity index (χ1n) is 4.87. The van der Waals surface area contributed by atoms with Crippen molar-refractivity contribution >= 4 is 35.2 Å². The predicted molar refractivity (Wildman–Crippen MR) is 62.5 cm³/mol. The molecular formula is C11H5Cl2F3O3. The van der Waals surface area contributed by atoms with Crippen molar-refractivity contribution in [1.82, 2.24) is 0 Å². The number of carboxylic acids is 1. The molecular weight excluding hydrogens is 308 g/mol.